The monoisotopic (exact) mass is 284 g/mol. The van der Waals surface area contributed by atoms with Gasteiger partial charge in [0.1, 0.15) is 5.60 Å². The Morgan fingerprint density at radius 2 is 2.00 bits per heavy atom. The molecule has 0 heterocycles. The normalized spacial score (nSPS) is 11.0. The molecule has 4 nitrogen and oxygen atoms in total. The summed E-state index contributed by atoms with van der Waals surface area (Å²) in [7, 11) is 0. The van der Waals surface area contributed by atoms with E-state index in [0.717, 1.165) is 16.3 Å². The minimum atomic E-state index is -0.468. The maximum atomic E-state index is 11.4. The van der Waals surface area contributed by atoms with Crippen molar-refractivity contribution >= 4 is 23.4 Å². The van der Waals surface area contributed by atoms with Gasteiger partial charge in [-0.05, 0) is 51.5 Å². The third-order valence-electron chi connectivity index (χ3n) is 2.30. The van der Waals surface area contributed by atoms with E-state index in [-0.39, 0.29) is 0 Å². The lowest BCUT2D eigenvalue weighted by Crippen LogP contribution is -2.35. The number of rotatable bonds is 4. The molecule has 0 aromatic heterocycles. The first-order valence-corrected chi connectivity index (χ1v) is 6.62. The number of anilines is 1. The number of amides is 1. The summed E-state index contributed by atoms with van der Waals surface area (Å²) in [6.07, 6.45) is -0.401. The number of ether oxygens (including phenoxy) is 1. The Kier molecular flexibility index (Phi) is 5.48. The lowest BCUT2D eigenvalue weighted by Gasteiger charge is -2.19. The smallest absolute Gasteiger partial charge is 0.407 e. The molecular formula is C14H21ClN2O2. The zero-order chi connectivity index (χ0) is 14.5. The van der Waals surface area contributed by atoms with Crippen LogP contribution in [0.1, 0.15) is 26.3 Å². The summed E-state index contributed by atoms with van der Waals surface area (Å²) in [6, 6.07) is 5.65. The molecule has 0 unspecified atom stereocenters. The number of carbonyl (C=O) groups excluding carboxylic acids is 1. The zero-order valence-electron chi connectivity index (χ0n) is 11.8. The van der Waals surface area contributed by atoms with Crippen LogP contribution < -0.4 is 10.6 Å². The molecule has 1 rings (SSSR count). The van der Waals surface area contributed by atoms with Gasteiger partial charge >= 0.3 is 6.09 Å². The summed E-state index contributed by atoms with van der Waals surface area (Å²) in [5, 5.41) is 6.64. The molecule has 2 N–H and O–H groups in total. The first-order chi connectivity index (χ1) is 8.78. The van der Waals surface area contributed by atoms with Gasteiger partial charge in [0, 0.05) is 23.8 Å². The molecule has 0 aliphatic heterocycles. The summed E-state index contributed by atoms with van der Waals surface area (Å²) in [5.41, 5.74) is 1.62. The molecule has 5 heteroatoms. The van der Waals surface area contributed by atoms with Crippen molar-refractivity contribution in [3.8, 4) is 0 Å². The first-order valence-electron chi connectivity index (χ1n) is 6.25. The minimum absolute atomic E-state index is 0.401. The molecule has 0 saturated carbocycles. The fraction of sp³-hybridized carbons (Fsp3) is 0.500. The molecule has 0 fully saturated rings. The van der Waals surface area contributed by atoms with E-state index in [1.807, 2.05) is 45.9 Å². The second-order valence-corrected chi connectivity index (χ2v) is 5.75. The van der Waals surface area contributed by atoms with Crippen molar-refractivity contribution in [1.29, 1.82) is 0 Å². The van der Waals surface area contributed by atoms with Crippen LogP contribution in [0.25, 0.3) is 0 Å². The third-order valence-corrected chi connectivity index (χ3v) is 2.53. The predicted molar refractivity (Wildman–Crippen MR) is 78.9 cm³/mol. The van der Waals surface area contributed by atoms with Gasteiger partial charge < -0.3 is 15.4 Å². The predicted octanol–water partition coefficient (Wildman–Crippen LogP) is 3.59. The topological polar surface area (TPSA) is 50.4 Å². The Labute approximate surface area is 119 Å². The molecule has 0 atom stereocenters. The highest BCUT2D eigenvalue weighted by atomic mass is 35.5. The van der Waals surface area contributed by atoms with E-state index in [0.29, 0.717) is 13.1 Å². The maximum absolute atomic E-state index is 11.4. The second kappa shape index (κ2) is 6.66. The number of benzene rings is 1. The Balaban J connectivity index is 2.29. The molecule has 1 aromatic carbocycles. The van der Waals surface area contributed by atoms with E-state index in [4.69, 9.17) is 16.3 Å². The number of hydrogen-bond acceptors (Lipinski definition) is 3. The molecule has 0 radical (unpaired) electrons. The Bertz CT molecular complexity index is 442. The van der Waals surface area contributed by atoms with Gasteiger partial charge in [-0.25, -0.2) is 4.79 Å². The fourth-order valence-electron chi connectivity index (χ4n) is 1.50. The Hall–Kier alpha value is -1.42. The minimum Gasteiger partial charge on any atom is -0.444 e. The lowest BCUT2D eigenvalue weighted by molar-refractivity contribution is 0.0530. The van der Waals surface area contributed by atoms with Gasteiger partial charge in [-0.1, -0.05) is 11.6 Å². The third kappa shape index (κ3) is 6.34. The van der Waals surface area contributed by atoms with Crippen LogP contribution in [0.4, 0.5) is 10.5 Å². The van der Waals surface area contributed by atoms with Crippen molar-refractivity contribution in [1.82, 2.24) is 5.32 Å². The molecular weight excluding hydrogens is 264 g/mol. The number of hydrogen-bond donors (Lipinski definition) is 2. The summed E-state index contributed by atoms with van der Waals surface area (Å²) in [4.78, 5) is 11.4. The van der Waals surface area contributed by atoms with Gasteiger partial charge in [0.15, 0.2) is 0 Å². The molecule has 0 bridgehead atoms. The van der Waals surface area contributed by atoms with E-state index in [2.05, 4.69) is 10.6 Å². The van der Waals surface area contributed by atoms with Crippen LogP contribution in [-0.4, -0.2) is 24.8 Å². The van der Waals surface area contributed by atoms with Gasteiger partial charge in [0.25, 0.3) is 0 Å². The van der Waals surface area contributed by atoms with Crippen molar-refractivity contribution in [2.75, 3.05) is 18.4 Å². The summed E-state index contributed by atoms with van der Waals surface area (Å²) < 4.78 is 5.13. The van der Waals surface area contributed by atoms with Crippen LogP contribution in [0.3, 0.4) is 0 Å². The lowest BCUT2D eigenvalue weighted by atomic mass is 10.2. The second-order valence-electron chi connectivity index (χ2n) is 5.31. The van der Waals surface area contributed by atoms with Crippen molar-refractivity contribution in [2.45, 2.75) is 33.3 Å². The van der Waals surface area contributed by atoms with Crippen LogP contribution in [0.2, 0.25) is 5.02 Å². The average molecular weight is 285 g/mol. The average Bonchev–Trinajstić information content (AvgIpc) is 2.24. The number of carbonyl (C=O) groups is 1. The summed E-state index contributed by atoms with van der Waals surface area (Å²) in [5.74, 6) is 0. The molecule has 0 aliphatic carbocycles. The zero-order valence-corrected chi connectivity index (χ0v) is 12.6. The maximum Gasteiger partial charge on any atom is 0.407 e. The van der Waals surface area contributed by atoms with Crippen molar-refractivity contribution in [3.63, 3.8) is 0 Å². The van der Waals surface area contributed by atoms with Crippen LogP contribution in [0.15, 0.2) is 18.2 Å². The summed E-state index contributed by atoms with van der Waals surface area (Å²) in [6.45, 7) is 8.61. The highest BCUT2D eigenvalue weighted by Gasteiger charge is 2.15. The fourth-order valence-corrected chi connectivity index (χ4v) is 1.73. The van der Waals surface area contributed by atoms with E-state index >= 15 is 0 Å². The van der Waals surface area contributed by atoms with Gasteiger partial charge in [0.2, 0.25) is 0 Å². The quantitative estimate of drug-likeness (QED) is 0.831. The SMILES string of the molecule is Cc1cc(Cl)ccc1NCCNC(=O)OC(C)(C)C. The molecule has 0 spiro atoms. The van der Waals surface area contributed by atoms with Crippen LogP contribution in [0.5, 0.6) is 0 Å². The molecule has 19 heavy (non-hydrogen) atoms. The van der Waals surface area contributed by atoms with Crippen molar-refractivity contribution < 1.29 is 9.53 Å². The standard InChI is InChI=1S/C14H21ClN2O2/c1-10-9-11(15)5-6-12(10)16-7-8-17-13(18)19-14(2,3)4/h5-6,9,16H,7-8H2,1-4H3,(H,17,18). The van der Waals surface area contributed by atoms with Crippen LogP contribution >= 0.6 is 11.6 Å². The van der Waals surface area contributed by atoms with Gasteiger partial charge in [0.05, 0.1) is 0 Å². The molecule has 1 amide bonds. The van der Waals surface area contributed by atoms with Gasteiger partial charge in [-0.2, -0.15) is 0 Å². The largest absolute Gasteiger partial charge is 0.444 e. The van der Waals surface area contributed by atoms with Crippen LogP contribution in [-0.2, 0) is 4.74 Å². The van der Waals surface area contributed by atoms with Crippen molar-refractivity contribution in [2.24, 2.45) is 0 Å². The molecule has 0 saturated heterocycles. The van der Waals surface area contributed by atoms with E-state index in [1.165, 1.54) is 0 Å². The Morgan fingerprint density at radius 1 is 1.32 bits per heavy atom. The highest BCUT2D eigenvalue weighted by molar-refractivity contribution is 6.30. The number of halogens is 1. The van der Waals surface area contributed by atoms with Crippen molar-refractivity contribution in [3.05, 3.63) is 28.8 Å². The van der Waals surface area contributed by atoms with Gasteiger partial charge in [-0.15, -0.1) is 0 Å². The first kappa shape index (κ1) is 15.6. The number of alkyl carbamates (subject to hydrolysis) is 1. The Morgan fingerprint density at radius 3 is 2.58 bits per heavy atom. The van der Waals surface area contributed by atoms with E-state index < -0.39 is 11.7 Å². The summed E-state index contributed by atoms with van der Waals surface area (Å²) >= 11 is 5.88. The molecule has 1 aromatic rings. The molecule has 0 aliphatic rings. The van der Waals surface area contributed by atoms with E-state index in [1.54, 1.807) is 0 Å². The molecule has 106 valence electrons. The number of aryl methyl sites for hydroxylation is 1. The number of nitrogens with one attached hydrogen (secondary N) is 2. The van der Waals surface area contributed by atoms with E-state index in [9.17, 15) is 4.79 Å². The van der Waals surface area contributed by atoms with Crippen LogP contribution in [0, 0.1) is 6.92 Å². The highest BCUT2D eigenvalue weighted by Crippen LogP contribution is 2.19. The van der Waals surface area contributed by atoms with Gasteiger partial charge in [-0.3, -0.25) is 0 Å².